The second kappa shape index (κ2) is 6.57. The number of methoxy groups -OCH3 is 2. The molecule has 0 aromatic heterocycles. The molecule has 0 saturated heterocycles. The monoisotopic (exact) mass is 314 g/mol. The topological polar surface area (TPSA) is 55.3 Å². The first-order valence-electron chi connectivity index (χ1n) is 6.31. The van der Waals surface area contributed by atoms with Gasteiger partial charge in [0.25, 0.3) is 0 Å². The summed E-state index contributed by atoms with van der Waals surface area (Å²) in [4.78, 5) is 0. The highest BCUT2D eigenvalue weighted by Gasteiger charge is 2.17. The quantitative estimate of drug-likeness (QED) is 0.923. The van der Waals surface area contributed by atoms with Gasteiger partial charge in [-0.15, -0.1) is 0 Å². The first-order chi connectivity index (χ1) is 10.5. The van der Waals surface area contributed by atoms with Crippen molar-refractivity contribution >= 4 is 5.69 Å². The summed E-state index contributed by atoms with van der Waals surface area (Å²) in [5.41, 5.74) is 3.52. The average Bonchev–Trinajstić information content (AvgIpc) is 2.51. The van der Waals surface area contributed by atoms with E-state index in [9.17, 15) is 13.2 Å². The van der Waals surface area contributed by atoms with Crippen LogP contribution in [0.5, 0.6) is 17.2 Å². The van der Waals surface area contributed by atoms with E-state index in [1.807, 2.05) is 0 Å². The van der Waals surface area contributed by atoms with Crippen LogP contribution in [0.15, 0.2) is 24.3 Å². The number of halogens is 3. The highest BCUT2D eigenvalue weighted by atomic mass is 19.2. The van der Waals surface area contributed by atoms with Gasteiger partial charge in [0, 0.05) is 12.1 Å². The molecule has 0 atom stereocenters. The van der Waals surface area contributed by atoms with Gasteiger partial charge in [0.2, 0.25) is 0 Å². The molecule has 2 aromatic carbocycles. The van der Waals surface area contributed by atoms with Crippen molar-refractivity contribution in [1.82, 2.24) is 0 Å². The summed E-state index contributed by atoms with van der Waals surface area (Å²) in [6.45, 7) is -0.311. The van der Waals surface area contributed by atoms with Gasteiger partial charge in [0.05, 0.1) is 19.8 Å². The Morgan fingerprint density at radius 1 is 0.909 bits per heavy atom. The van der Waals surface area contributed by atoms with Crippen LogP contribution in [0, 0.1) is 17.5 Å². The van der Waals surface area contributed by atoms with Gasteiger partial charge in [-0.3, -0.25) is 0 Å². The van der Waals surface area contributed by atoms with E-state index in [0.29, 0.717) is 0 Å². The fraction of sp³-hybridized carbons (Fsp3) is 0.200. The third-order valence-electron chi connectivity index (χ3n) is 3.08. The molecule has 7 heteroatoms. The molecule has 0 aliphatic heterocycles. The zero-order chi connectivity index (χ0) is 16.3. The Kier molecular flexibility index (Phi) is 4.77. The third kappa shape index (κ3) is 3.09. The van der Waals surface area contributed by atoms with Crippen LogP contribution in [0.1, 0.15) is 5.56 Å². The molecule has 0 radical (unpaired) electrons. The first kappa shape index (κ1) is 16.0. The van der Waals surface area contributed by atoms with Gasteiger partial charge in [0.15, 0.2) is 34.6 Å². The number of hydrogen-bond acceptors (Lipinski definition) is 3. The molecule has 118 valence electrons. The molecule has 3 N–H and O–H groups in total. The standard InChI is InChI=1S/C15H14F3NO3/c1-20-12-4-3-9(16)15(18)8(12)7-22-14-6-11(19)10(17)5-13(14)21-2/h3-6H,7,19H2,1-2H3/p+1. The molecule has 2 rings (SSSR count). The highest BCUT2D eigenvalue weighted by Crippen LogP contribution is 2.33. The zero-order valence-electron chi connectivity index (χ0n) is 12.1. The Bertz CT molecular complexity index is 692. The van der Waals surface area contributed by atoms with Crippen molar-refractivity contribution in [2.45, 2.75) is 6.61 Å². The lowest BCUT2D eigenvalue weighted by Crippen LogP contribution is -2.41. The first-order valence-corrected chi connectivity index (χ1v) is 6.31. The minimum Gasteiger partial charge on any atom is -0.496 e. The molecule has 2 aromatic rings. The number of quaternary nitrogens is 1. The van der Waals surface area contributed by atoms with Crippen LogP contribution in [0.4, 0.5) is 18.9 Å². The largest absolute Gasteiger partial charge is 0.496 e. The normalized spacial score (nSPS) is 10.5. The minimum atomic E-state index is -1.06. The van der Waals surface area contributed by atoms with Crippen LogP contribution in [0.2, 0.25) is 0 Å². The second-order valence-electron chi connectivity index (χ2n) is 4.43. The molecule has 4 nitrogen and oxygen atoms in total. The summed E-state index contributed by atoms with van der Waals surface area (Å²) in [6.07, 6.45) is 0. The highest BCUT2D eigenvalue weighted by molar-refractivity contribution is 5.49. The van der Waals surface area contributed by atoms with E-state index in [1.54, 1.807) is 0 Å². The molecule has 0 fully saturated rings. The maximum absolute atomic E-state index is 13.8. The molecular weight excluding hydrogens is 299 g/mol. The van der Waals surface area contributed by atoms with Gasteiger partial charge in [0.1, 0.15) is 12.4 Å². The van der Waals surface area contributed by atoms with Gasteiger partial charge in [-0.1, -0.05) is 0 Å². The molecule has 22 heavy (non-hydrogen) atoms. The van der Waals surface area contributed by atoms with E-state index in [1.165, 1.54) is 26.4 Å². The van der Waals surface area contributed by atoms with Crippen molar-refractivity contribution in [3.05, 3.63) is 47.3 Å². The summed E-state index contributed by atoms with van der Waals surface area (Å²) >= 11 is 0. The van der Waals surface area contributed by atoms with Crippen LogP contribution in [-0.4, -0.2) is 14.2 Å². The Balaban J connectivity index is 2.31. The van der Waals surface area contributed by atoms with Crippen molar-refractivity contribution in [3.63, 3.8) is 0 Å². The lowest BCUT2D eigenvalue weighted by Gasteiger charge is -2.13. The third-order valence-corrected chi connectivity index (χ3v) is 3.08. The van der Waals surface area contributed by atoms with Gasteiger partial charge >= 0.3 is 0 Å². The summed E-state index contributed by atoms with van der Waals surface area (Å²) in [5.74, 6) is -2.19. The molecule has 0 aliphatic rings. The molecule has 0 aliphatic carbocycles. The lowest BCUT2D eigenvalue weighted by atomic mass is 10.2. The number of ether oxygens (including phenoxy) is 3. The van der Waals surface area contributed by atoms with Crippen molar-refractivity contribution in [2.75, 3.05) is 14.2 Å². The maximum atomic E-state index is 13.8. The average molecular weight is 314 g/mol. The zero-order valence-corrected chi connectivity index (χ0v) is 12.1. The number of hydrogen-bond donors (Lipinski definition) is 1. The van der Waals surface area contributed by atoms with Crippen molar-refractivity contribution < 1.29 is 33.1 Å². The molecular formula is C15H15F3NO3+. The van der Waals surface area contributed by atoms with Gasteiger partial charge in [-0.05, 0) is 12.1 Å². The smallest absolute Gasteiger partial charge is 0.187 e. The summed E-state index contributed by atoms with van der Waals surface area (Å²) in [6, 6.07) is 4.69. The van der Waals surface area contributed by atoms with Crippen molar-refractivity contribution in [2.24, 2.45) is 0 Å². The lowest BCUT2D eigenvalue weighted by molar-refractivity contribution is -0.258. The summed E-state index contributed by atoms with van der Waals surface area (Å²) in [5, 5.41) is 0. The fourth-order valence-corrected chi connectivity index (χ4v) is 1.90. The Morgan fingerprint density at radius 2 is 1.59 bits per heavy atom. The molecule has 0 saturated carbocycles. The van der Waals surface area contributed by atoms with E-state index in [2.05, 4.69) is 5.73 Å². The Morgan fingerprint density at radius 3 is 2.23 bits per heavy atom. The van der Waals surface area contributed by atoms with Crippen LogP contribution in [-0.2, 0) is 6.61 Å². The molecule has 0 heterocycles. The fourth-order valence-electron chi connectivity index (χ4n) is 1.90. The van der Waals surface area contributed by atoms with Crippen LogP contribution in [0.3, 0.4) is 0 Å². The van der Waals surface area contributed by atoms with Gasteiger partial charge < -0.3 is 19.9 Å². The van der Waals surface area contributed by atoms with Gasteiger partial charge in [-0.2, -0.15) is 0 Å². The molecule has 0 unspecified atom stereocenters. The van der Waals surface area contributed by atoms with E-state index < -0.39 is 17.5 Å². The van der Waals surface area contributed by atoms with Crippen LogP contribution < -0.4 is 19.9 Å². The van der Waals surface area contributed by atoms with E-state index >= 15 is 0 Å². The van der Waals surface area contributed by atoms with E-state index in [4.69, 9.17) is 14.2 Å². The minimum absolute atomic E-state index is 0.0838. The Hall–Kier alpha value is -2.41. The number of benzene rings is 2. The predicted molar refractivity (Wildman–Crippen MR) is 72.7 cm³/mol. The summed E-state index contributed by atoms with van der Waals surface area (Å²) < 4.78 is 55.9. The van der Waals surface area contributed by atoms with Crippen molar-refractivity contribution in [3.8, 4) is 17.2 Å². The van der Waals surface area contributed by atoms with E-state index in [0.717, 1.165) is 12.1 Å². The predicted octanol–water partition coefficient (Wildman–Crippen LogP) is 2.57. The van der Waals surface area contributed by atoms with Crippen LogP contribution in [0.25, 0.3) is 0 Å². The molecule has 0 bridgehead atoms. The van der Waals surface area contributed by atoms with E-state index in [-0.39, 0.29) is 35.1 Å². The maximum Gasteiger partial charge on any atom is 0.187 e. The van der Waals surface area contributed by atoms with Crippen molar-refractivity contribution in [1.29, 1.82) is 0 Å². The summed E-state index contributed by atoms with van der Waals surface area (Å²) in [7, 11) is 2.68. The van der Waals surface area contributed by atoms with Gasteiger partial charge in [-0.25, -0.2) is 13.2 Å². The Labute approximate surface area is 125 Å². The SMILES string of the molecule is COc1cc(F)c([NH3+])cc1OCc1c(OC)ccc(F)c1F. The molecule has 0 spiro atoms. The molecule has 0 amide bonds. The second-order valence-corrected chi connectivity index (χ2v) is 4.43. The number of rotatable bonds is 5. The van der Waals surface area contributed by atoms with Crippen LogP contribution >= 0.6 is 0 Å².